The summed E-state index contributed by atoms with van der Waals surface area (Å²) in [4.78, 5) is 13.2. The number of halogens is 1. The van der Waals surface area contributed by atoms with Crippen molar-refractivity contribution in [3.8, 4) is 0 Å². The summed E-state index contributed by atoms with van der Waals surface area (Å²) >= 11 is 1.75. The fourth-order valence-corrected chi connectivity index (χ4v) is 3.58. The van der Waals surface area contributed by atoms with E-state index in [0.29, 0.717) is 18.5 Å². The molecule has 1 aromatic carbocycles. The number of nitrogens with two attached hydrogens (primary N) is 1. The van der Waals surface area contributed by atoms with Crippen molar-refractivity contribution in [3.05, 3.63) is 29.3 Å². The summed E-state index contributed by atoms with van der Waals surface area (Å²) in [6.45, 7) is 4.24. The van der Waals surface area contributed by atoms with Crippen molar-refractivity contribution < 1.29 is 4.79 Å². The summed E-state index contributed by atoms with van der Waals surface area (Å²) in [5.74, 6) is 1.01. The van der Waals surface area contributed by atoms with Crippen molar-refractivity contribution in [2.75, 3.05) is 5.75 Å². The Morgan fingerprint density at radius 3 is 2.55 bits per heavy atom. The van der Waals surface area contributed by atoms with Gasteiger partial charge in [-0.05, 0) is 62.8 Å². The zero-order valence-electron chi connectivity index (χ0n) is 13.4. The van der Waals surface area contributed by atoms with Crippen LogP contribution in [0, 0.1) is 13.8 Å². The van der Waals surface area contributed by atoms with Gasteiger partial charge in [0.1, 0.15) is 0 Å². The highest BCUT2D eigenvalue weighted by Gasteiger charge is 2.19. The highest BCUT2D eigenvalue weighted by Crippen LogP contribution is 2.22. The van der Waals surface area contributed by atoms with Gasteiger partial charge in [0.15, 0.2) is 0 Å². The first kappa shape index (κ1) is 19.3. The summed E-state index contributed by atoms with van der Waals surface area (Å²) in [5, 5.41) is 3.14. The molecule has 2 rings (SSSR count). The summed E-state index contributed by atoms with van der Waals surface area (Å²) < 4.78 is 0. The number of benzene rings is 1. The minimum absolute atomic E-state index is 0. The molecule has 0 radical (unpaired) electrons. The van der Waals surface area contributed by atoms with Crippen LogP contribution in [-0.4, -0.2) is 23.7 Å². The maximum absolute atomic E-state index is 11.9. The van der Waals surface area contributed by atoms with Crippen LogP contribution >= 0.6 is 24.2 Å². The molecule has 0 saturated heterocycles. The van der Waals surface area contributed by atoms with E-state index in [0.717, 1.165) is 31.4 Å². The fraction of sp³-hybridized carbons (Fsp3) is 0.588. The molecule has 0 aromatic heterocycles. The number of rotatable bonds is 5. The lowest BCUT2D eigenvalue weighted by atomic mass is 9.92. The SMILES string of the molecule is Cc1ccc(SCCC(=O)NC2CCC(N)CC2)cc1C.Cl. The molecule has 1 aliphatic rings. The monoisotopic (exact) mass is 342 g/mol. The van der Waals surface area contributed by atoms with Gasteiger partial charge in [0.2, 0.25) is 5.91 Å². The molecule has 3 nitrogen and oxygen atoms in total. The van der Waals surface area contributed by atoms with Crippen LogP contribution in [0.3, 0.4) is 0 Å². The third-order valence-corrected chi connectivity index (χ3v) is 5.21. The molecule has 0 heterocycles. The van der Waals surface area contributed by atoms with E-state index in [9.17, 15) is 4.79 Å². The van der Waals surface area contributed by atoms with Crippen LogP contribution < -0.4 is 11.1 Å². The smallest absolute Gasteiger partial charge is 0.221 e. The zero-order valence-corrected chi connectivity index (χ0v) is 15.1. The molecule has 0 aliphatic heterocycles. The average molecular weight is 343 g/mol. The van der Waals surface area contributed by atoms with Crippen LogP contribution in [0.25, 0.3) is 0 Å². The van der Waals surface area contributed by atoms with E-state index in [1.54, 1.807) is 11.8 Å². The molecule has 124 valence electrons. The van der Waals surface area contributed by atoms with Gasteiger partial charge >= 0.3 is 0 Å². The summed E-state index contributed by atoms with van der Waals surface area (Å²) in [6, 6.07) is 7.14. The van der Waals surface area contributed by atoms with Gasteiger partial charge in [-0.2, -0.15) is 0 Å². The number of hydrogen-bond acceptors (Lipinski definition) is 3. The molecule has 22 heavy (non-hydrogen) atoms. The molecule has 0 unspecified atom stereocenters. The minimum atomic E-state index is 0. The van der Waals surface area contributed by atoms with Crippen molar-refractivity contribution in [2.45, 2.75) is 62.9 Å². The molecule has 1 aromatic rings. The molecular formula is C17H27ClN2OS. The van der Waals surface area contributed by atoms with Gasteiger partial charge in [-0.3, -0.25) is 4.79 Å². The average Bonchev–Trinajstić information content (AvgIpc) is 2.45. The van der Waals surface area contributed by atoms with Crippen LogP contribution in [0.5, 0.6) is 0 Å². The summed E-state index contributed by atoms with van der Waals surface area (Å²) in [7, 11) is 0. The minimum Gasteiger partial charge on any atom is -0.353 e. The van der Waals surface area contributed by atoms with Crippen molar-refractivity contribution >= 4 is 30.1 Å². The normalized spacial score (nSPS) is 21.0. The Hall–Kier alpha value is -0.710. The number of hydrogen-bond donors (Lipinski definition) is 2. The number of nitrogens with one attached hydrogen (secondary N) is 1. The van der Waals surface area contributed by atoms with Gasteiger partial charge < -0.3 is 11.1 Å². The number of thioether (sulfide) groups is 1. The number of amides is 1. The van der Waals surface area contributed by atoms with E-state index in [2.05, 4.69) is 37.4 Å². The molecule has 1 fully saturated rings. The summed E-state index contributed by atoms with van der Waals surface area (Å²) in [5.41, 5.74) is 8.50. The predicted octanol–water partition coefficient (Wildman–Crippen LogP) is 3.59. The van der Waals surface area contributed by atoms with Gasteiger partial charge in [0.25, 0.3) is 0 Å². The lowest BCUT2D eigenvalue weighted by Crippen LogP contribution is -2.40. The zero-order chi connectivity index (χ0) is 15.2. The Balaban J connectivity index is 0.00000242. The fourth-order valence-electron chi connectivity index (χ4n) is 2.63. The van der Waals surface area contributed by atoms with Gasteiger partial charge in [-0.15, -0.1) is 24.2 Å². The van der Waals surface area contributed by atoms with E-state index in [1.165, 1.54) is 16.0 Å². The highest BCUT2D eigenvalue weighted by atomic mass is 35.5. The molecule has 5 heteroatoms. The second-order valence-electron chi connectivity index (χ2n) is 6.02. The maximum Gasteiger partial charge on any atom is 0.221 e. The molecule has 0 atom stereocenters. The second kappa shape index (κ2) is 9.43. The Morgan fingerprint density at radius 1 is 1.23 bits per heavy atom. The highest BCUT2D eigenvalue weighted by molar-refractivity contribution is 7.99. The van der Waals surface area contributed by atoms with Crippen molar-refractivity contribution in [3.63, 3.8) is 0 Å². The van der Waals surface area contributed by atoms with Crippen LogP contribution in [0.15, 0.2) is 23.1 Å². The molecule has 1 aliphatic carbocycles. The summed E-state index contributed by atoms with van der Waals surface area (Å²) in [6.07, 6.45) is 4.69. The van der Waals surface area contributed by atoms with E-state index in [-0.39, 0.29) is 18.3 Å². The van der Waals surface area contributed by atoms with Gasteiger partial charge in [0.05, 0.1) is 0 Å². The maximum atomic E-state index is 11.9. The van der Waals surface area contributed by atoms with E-state index in [1.807, 2.05) is 0 Å². The van der Waals surface area contributed by atoms with E-state index >= 15 is 0 Å². The number of aryl methyl sites for hydroxylation is 2. The van der Waals surface area contributed by atoms with Gasteiger partial charge in [-0.1, -0.05) is 6.07 Å². The Kier molecular flexibility index (Phi) is 8.29. The molecule has 1 saturated carbocycles. The Morgan fingerprint density at radius 2 is 1.91 bits per heavy atom. The Labute approximate surface area is 144 Å². The predicted molar refractivity (Wildman–Crippen MR) is 96.9 cm³/mol. The number of carbonyl (C=O) groups is 1. The van der Waals surface area contributed by atoms with E-state index < -0.39 is 0 Å². The van der Waals surface area contributed by atoms with Crippen LogP contribution in [0.4, 0.5) is 0 Å². The van der Waals surface area contributed by atoms with Crippen molar-refractivity contribution in [1.82, 2.24) is 5.32 Å². The standard InChI is InChI=1S/C17H26N2OS.ClH/c1-12-3-8-16(11-13(12)2)21-10-9-17(20)19-15-6-4-14(18)5-7-15;/h3,8,11,14-15H,4-7,9-10,18H2,1-2H3,(H,19,20);1H. The molecule has 0 bridgehead atoms. The van der Waals surface area contributed by atoms with Crippen molar-refractivity contribution in [1.29, 1.82) is 0 Å². The topological polar surface area (TPSA) is 55.1 Å². The largest absolute Gasteiger partial charge is 0.353 e. The first-order valence-corrected chi connectivity index (χ1v) is 8.78. The van der Waals surface area contributed by atoms with Gasteiger partial charge in [-0.25, -0.2) is 0 Å². The van der Waals surface area contributed by atoms with Crippen LogP contribution in [0.2, 0.25) is 0 Å². The number of carbonyl (C=O) groups excluding carboxylic acids is 1. The first-order chi connectivity index (χ1) is 10.0. The molecular weight excluding hydrogens is 316 g/mol. The molecule has 1 amide bonds. The third-order valence-electron chi connectivity index (χ3n) is 4.21. The lowest BCUT2D eigenvalue weighted by molar-refractivity contribution is -0.121. The Bertz CT molecular complexity index is 488. The lowest BCUT2D eigenvalue weighted by Gasteiger charge is -2.26. The van der Waals surface area contributed by atoms with E-state index in [4.69, 9.17) is 5.73 Å². The molecule has 0 spiro atoms. The van der Waals surface area contributed by atoms with Crippen LogP contribution in [-0.2, 0) is 4.79 Å². The molecule has 3 N–H and O–H groups in total. The van der Waals surface area contributed by atoms with Gasteiger partial charge in [0, 0.05) is 29.2 Å². The van der Waals surface area contributed by atoms with Crippen LogP contribution in [0.1, 0.15) is 43.2 Å². The first-order valence-electron chi connectivity index (χ1n) is 7.79. The van der Waals surface area contributed by atoms with Crippen molar-refractivity contribution in [2.24, 2.45) is 5.73 Å². The second-order valence-corrected chi connectivity index (χ2v) is 7.19. The quantitative estimate of drug-likeness (QED) is 0.804. The third kappa shape index (κ3) is 6.19.